The molecule has 0 aliphatic carbocycles. The van der Waals surface area contributed by atoms with Crippen LogP contribution in [0.25, 0.3) is 6.08 Å². The molecule has 0 aliphatic rings. The number of nitrogens with one attached hydrogen (secondary N) is 1. The molecule has 0 fully saturated rings. The van der Waals surface area contributed by atoms with Crippen molar-refractivity contribution in [3.05, 3.63) is 102 Å². The van der Waals surface area contributed by atoms with Gasteiger partial charge < -0.3 is 10.1 Å². The minimum absolute atomic E-state index is 0.193. The van der Waals surface area contributed by atoms with Gasteiger partial charge in [0.15, 0.2) is 0 Å². The van der Waals surface area contributed by atoms with Crippen LogP contribution in [0.5, 0.6) is 5.75 Å². The summed E-state index contributed by atoms with van der Waals surface area (Å²) in [7, 11) is 0. The maximum atomic E-state index is 12.1. The fraction of sp³-hybridized carbons (Fsp3) is 0. The van der Waals surface area contributed by atoms with Gasteiger partial charge in [-0.05, 0) is 48.0 Å². The molecule has 4 heteroatoms. The second kappa shape index (κ2) is 8.44. The van der Waals surface area contributed by atoms with Crippen molar-refractivity contribution in [2.24, 2.45) is 0 Å². The van der Waals surface area contributed by atoms with Crippen LogP contribution in [0.15, 0.2) is 91.0 Å². The minimum atomic E-state index is -0.463. The van der Waals surface area contributed by atoms with Gasteiger partial charge in [0, 0.05) is 17.3 Å². The largest absolute Gasteiger partial charge is 0.423 e. The maximum Gasteiger partial charge on any atom is 0.336 e. The van der Waals surface area contributed by atoms with Gasteiger partial charge >= 0.3 is 5.97 Å². The lowest BCUT2D eigenvalue weighted by atomic mass is 10.2. The Hall–Kier alpha value is -3.66. The van der Waals surface area contributed by atoms with E-state index in [0.29, 0.717) is 17.0 Å². The maximum absolute atomic E-state index is 12.1. The zero-order valence-electron chi connectivity index (χ0n) is 14.0. The molecule has 0 atom stereocenters. The van der Waals surface area contributed by atoms with Gasteiger partial charge in [0.25, 0.3) is 5.91 Å². The van der Waals surface area contributed by atoms with Gasteiger partial charge in [0.2, 0.25) is 0 Å². The Morgan fingerprint density at radius 1 is 0.769 bits per heavy atom. The van der Waals surface area contributed by atoms with E-state index < -0.39 is 5.97 Å². The second-order valence-electron chi connectivity index (χ2n) is 5.51. The molecule has 0 aliphatic heterocycles. The third-order valence-electron chi connectivity index (χ3n) is 3.58. The van der Waals surface area contributed by atoms with Gasteiger partial charge in [-0.2, -0.15) is 0 Å². The molecule has 0 saturated heterocycles. The van der Waals surface area contributed by atoms with E-state index in [9.17, 15) is 9.59 Å². The third kappa shape index (κ3) is 4.92. The van der Waals surface area contributed by atoms with Gasteiger partial charge in [-0.1, -0.05) is 48.5 Å². The summed E-state index contributed by atoms with van der Waals surface area (Å²) in [5, 5.41) is 2.79. The van der Waals surface area contributed by atoms with Crippen LogP contribution in [0.1, 0.15) is 15.9 Å². The Morgan fingerprint density at radius 3 is 2.04 bits per heavy atom. The Balaban J connectivity index is 1.56. The molecule has 0 unspecified atom stereocenters. The lowest BCUT2D eigenvalue weighted by Crippen LogP contribution is -2.11. The molecule has 0 bridgehead atoms. The van der Waals surface area contributed by atoms with E-state index >= 15 is 0 Å². The summed E-state index contributed by atoms with van der Waals surface area (Å²) in [6.07, 6.45) is 3.07. The van der Waals surface area contributed by atoms with Crippen molar-refractivity contribution < 1.29 is 14.3 Å². The smallest absolute Gasteiger partial charge is 0.336 e. The first-order valence-electron chi connectivity index (χ1n) is 8.12. The molecule has 1 N–H and O–H groups in total. The topological polar surface area (TPSA) is 55.4 Å². The van der Waals surface area contributed by atoms with Crippen molar-refractivity contribution in [2.75, 3.05) is 5.32 Å². The summed E-state index contributed by atoms with van der Waals surface area (Å²) in [5.74, 6) is -0.249. The van der Waals surface area contributed by atoms with E-state index in [4.69, 9.17) is 4.74 Å². The summed E-state index contributed by atoms with van der Waals surface area (Å²) in [5.41, 5.74) is 2.12. The lowest BCUT2D eigenvalue weighted by molar-refractivity contribution is -0.128. The Labute approximate surface area is 151 Å². The number of carbonyl (C=O) groups excluding carboxylic acids is 2. The molecule has 0 heterocycles. The molecule has 3 rings (SSSR count). The highest BCUT2D eigenvalue weighted by Gasteiger charge is 2.06. The monoisotopic (exact) mass is 343 g/mol. The first-order valence-corrected chi connectivity index (χ1v) is 8.12. The highest BCUT2D eigenvalue weighted by atomic mass is 16.5. The van der Waals surface area contributed by atoms with E-state index in [1.54, 1.807) is 54.6 Å². The van der Waals surface area contributed by atoms with Gasteiger partial charge in [-0.3, -0.25) is 4.79 Å². The quantitative estimate of drug-likeness (QED) is 0.420. The Kier molecular flexibility index (Phi) is 5.58. The van der Waals surface area contributed by atoms with Crippen molar-refractivity contribution in [1.82, 2.24) is 0 Å². The second-order valence-corrected chi connectivity index (χ2v) is 5.51. The molecular formula is C22H17NO3. The van der Waals surface area contributed by atoms with Crippen LogP contribution in [-0.2, 0) is 4.79 Å². The summed E-state index contributed by atoms with van der Waals surface area (Å²) >= 11 is 0. The minimum Gasteiger partial charge on any atom is -0.423 e. The van der Waals surface area contributed by atoms with Crippen LogP contribution in [0.3, 0.4) is 0 Å². The highest BCUT2D eigenvalue weighted by molar-refractivity contribution is 6.04. The summed E-state index contributed by atoms with van der Waals surface area (Å²) in [4.78, 5) is 23.9. The number of carbonyl (C=O) groups is 2. The molecule has 0 spiro atoms. The lowest BCUT2D eigenvalue weighted by Gasteiger charge is -2.06. The molecule has 3 aromatic rings. The van der Waals surface area contributed by atoms with E-state index in [1.165, 1.54) is 6.08 Å². The Bertz CT molecular complexity index is 901. The predicted molar refractivity (Wildman–Crippen MR) is 102 cm³/mol. The molecule has 4 nitrogen and oxygen atoms in total. The molecule has 128 valence electrons. The van der Waals surface area contributed by atoms with Gasteiger partial charge in [-0.15, -0.1) is 0 Å². The molecule has 26 heavy (non-hydrogen) atoms. The third-order valence-corrected chi connectivity index (χ3v) is 3.58. The zero-order valence-corrected chi connectivity index (χ0v) is 14.0. The molecule has 3 aromatic carbocycles. The van der Waals surface area contributed by atoms with Crippen molar-refractivity contribution in [2.45, 2.75) is 0 Å². The SMILES string of the molecule is O=C(/C=C/c1ccccc1)Oc1ccc(NC(=O)c2ccccc2)cc1. The number of ether oxygens (including phenoxy) is 1. The fourth-order valence-electron chi connectivity index (χ4n) is 2.28. The van der Waals surface area contributed by atoms with Gasteiger partial charge in [-0.25, -0.2) is 4.79 Å². The van der Waals surface area contributed by atoms with E-state index in [0.717, 1.165) is 5.56 Å². The van der Waals surface area contributed by atoms with Crippen LogP contribution in [0.4, 0.5) is 5.69 Å². The van der Waals surface area contributed by atoms with E-state index in [-0.39, 0.29) is 5.91 Å². The standard InChI is InChI=1S/C22H17NO3/c24-21(16-11-17-7-3-1-4-8-17)26-20-14-12-19(13-15-20)23-22(25)18-9-5-2-6-10-18/h1-16H,(H,23,25)/b16-11+. The molecule has 0 radical (unpaired) electrons. The number of amides is 1. The number of rotatable bonds is 5. The fourth-order valence-corrected chi connectivity index (χ4v) is 2.28. The first-order chi connectivity index (χ1) is 12.7. The number of hydrogen-bond donors (Lipinski definition) is 1. The number of hydrogen-bond acceptors (Lipinski definition) is 3. The molecule has 0 saturated carbocycles. The average molecular weight is 343 g/mol. The zero-order chi connectivity index (χ0) is 18.2. The molecule has 1 amide bonds. The average Bonchev–Trinajstić information content (AvgIpc) is 2.69. The van der Waals surface area contributed by atoms with E-state index in [2.05, 4.69) is 5.32 Å². The predicted octanol–water partition coefficient (Wildman–Crippen LogP) is 4.56. The van der Waals surface area contributed by atoms with Crippen molar-refractivity contribution in [3.8, 4) is 5.75 Å². The normalized spacial score (nSPS) is 10.5. The summed E-state index contributed by atoms with van der Waals surface area (Å²) < 4.78 is 5.24. The van der Waals surface area contributed by atoms with Crippen molar-refractivity contribution in [1.29, 1.82) is 0 Å². The van der Waals surface area contributed by atoms with Crippen LogP contribution in [0, 0.1) is 0 Å². The number of benzene rings is 3. The van der Waals surface area contributed by atoms with Gasteiger partial charge in [0.1, 0.15) is 5.75 Å². The summed E-state index contributed by atoms with van der Waals surface area (Å²) in [6.45, 7) is 0. The summed E-state index contributed by atoms with van der Waals surface area (Å²) in [6, 6.07) is 25.1. The Morgan fingerprint density at radius 2 is 1.38 bits per heavy atom. The highest BCUT2D eigenvalue weighted by Crippen LogP contribution is 2.17. The van der Waals surface area contributed by atoms with Crippen molar-refractivity contribution in [3.63, 3.8) is 0 Å². The number of esters is 1. The molecular weight excluding hydrogens is 326 g/mol. The molecule has 0 aromatic heterocycles. The van der Waals surface area contributed by atoms with Crippen LogP contribution < -0.4 is 10.1 Å². The number of anilines is 1. The van der Waals surface area contributed by atoms with Crippen LogP contribution in [0.2, 0.25) is 0 Å². The van der Waals surface area contributed by atoms with E-state index in [1.807, 2.05) is 36.4 Å². The van der Waals surface area contributed by atoms with Crippen LogP contribution >= 0.6 is 0 Å². The van der Waals surface area contributed by atoms with Gasteiger partial charge in [0.05, 0.1) is 0 Å². The van der Waals surface area contributed by atoms with Crippen LogP contribution in [-0.4, -0.2) is 11.9 Å². The van der Waals surface area contributed by atoms with Crippen molar-refractivity contribution >= 4 is 23.6 Å². The first kappa shape index (κ1) is 17.2.